The number of hydrogen-bond acceptors (Lipinski definition) is 3. The van der Waals surface area contributed by atoms with E-state index >= 15 is 0 Å². The van der Waals surface area contributed by atoms with Crippen LogP contribution in [0.3, 0.4) is 0 Å². The van der Waals surface area contributed by atoms with Crippen LogP contribution in [0.2, 0.25) is 0 Å². The summed E-state index contributed by atoms with van der Waals surface area (Å²) >= 11 is 0. The van der Waals surface area contributed by atoms with Crippen LogP contribution < -0.4 is 10.9 Å². The summed E-state index contributed by atoms with van der Waals surface area (Å²) in [4.78, 5) is 24.2. The van der Waals surface area contributed by atoms with E-state index in [4.69, 9.17) is 0 Å². The zero-order valence-corrected chi connectivity index (χ0v) is 14.3. The normalized spacial score (nSPS) is 23.3. The minimum absolute atomic E-state index is 0.169. The molecule has 2 aromatic rings. The lowest BCUT2D eigenvalue weighted by Gasteiger charge is -2.18. The van der Waals surface area contributed by atoms with E-state index in [0.717, 1.165) is 11.1 Å². The zero-order valence-electron chi connectivity index (χ0n) is 14.3. The predicted octanol–water partition coefficient (Wildman–Crippen LogP) is 2.38. The molecule has 1 heterocycles. The van der Waals surface area contributed by atoms with E-state index in [9.17, 15) is 14.0 Å². The van der Waals surface area contributed by atoms with E-state index in [1.165, 1.54) is 24.6 Å². The Morgan fingerprint density at radius 2 is 2.04 bits per heavy atom. The van der Waals surface area contributed by atoms with Gasteiger partial charge in [-0.1, -0.05) is 24.3 Å². The van der Waals surface area contributed by atoms with Gasteiger partial charge in [0.25, 0.3) is 5.56 Å². The summed E-state index contributed by atoms with van der Waals surface area (Å²) in [7, 11) is 0. The molecular weight excluding hydrogens is 333 g/mol. The molecule has 1 aromatic carbocycles. The maximum atomic E-state index is 13.9. The number of hydrogen-bond donors (Lipinski definition) is 1. The largest absolute Gasteiger partial charge is 0.354 e. The number of carbonyl (C=O) groups is 1. The van der Waals surface area contributed by atoms with Gasteiger partial charge in [0.15, 0.2) is 0 Å². The van der Waals surface area contributed by atoms with Crippen molar-refractivity contribution in [1.29, 1.82) is 0 Å². The van der Waals surface area contributed by atoms with Gasteiger partial charge in [0.05, 0.1) is 5.69 Å². The van der Waals surface area contributed by atoms with E-state index in [2.05, 4.69) is 22.6 Å². The lowest BCUT2D eigenvalue weighted by atomic mass is 9.94. The van der Waals surface area contributed by atoms with Gasteiger partial charge in [-0.2, -0.15) is 5.10 Å². The molecule has 5 nitrogen and oxygen atoms in total. The Hall–Kier alpha value is -2.76. The fourth-order valence-corrected chi connectivity index (χ4v) is 3.94. The Morgan fingerprint density at radius 3 is 2.77 bits per heavy atom. The van der Waals surface area contributed by atoms with Crippen LogP contribution in [0.1, 0.15) is 12.8 Å². The molecule has 0 spiro atoms. The molecule has 0 radical (unpaired) electrons. The Morgan fingerprint density at radius 1 is 1.19 bits per heavy atom. The number of halogens is 1. The third kappa shape index (κ3) is 3.31. The summed E-state index contributed by atoms with van der Waals surface area (Å²) < 4.78 is 15.0. The average molecular weight is 353 g/mol. The minimum Gasteiger partial charge on any atom is -0.354 e. The molecule has 4 rings (SSSR count). The highest BCUT2D eigenvalue weighted by Gasteiger charge is 2.35. The van der Waals surface area contributed by atoms with Crippen LogP contribution in [0.15, 0.2) is 53.3 Å². The summed E-state index contributed by atoms with van der Waals surface area (Å²) in [6.07, 6.45) is 6.81. The number of carbonyl (C=O) groups excluding carboxylic acids is 1. The second-order valence-corrected chi connectivity index (χ2v) is 7.04. The molecule has 1 amide bonds. The molecule has 1 N–H and O–H groups in total. The van der Waals surface area contributed by atoms with Crippen LogP contribution in [-0.4, -0.2) is 22.2 Å². The number of rotatable bonds is 5. The van der Waals surface area contributed by atoms with Gasteiger partial charge < -0.3 is 5.32 Å². The quantitative estimate of drug-likeness (QED) is 0.840. The van der Waals surface area contributed by atoms with Gasteiger partial charge in [-0.15, -0.1) is 0 Å². The SMILES string of the molecule is O=C(Cn1nc(-c2ccccc2F)ccc1=O)NC[C@H]1C[C@@H]2C=C[C@@H]1C2. The van der Waals surface area contributed by atoms with Gasteiger partial charge in [-0.05, 0) is 48.8 Å². The van der Waals surface area contributed by atoms with Gasteiger partial charge in [0.1, 0.15) is 12.4 Å². The van der Waals surface area contributed by atoms with Crippen LogP contribution in [-0.2, 0) is 11.3 Å². The van der Waals surface area contributed by atoms with Crippen molar-refractivity contribution >= 4 is 5.91 Å². The van der Waals surface area contributed by atoms with Crippen molar-refractivity contribution in [1.82, 2.24) is 15.1 Å². The van der Waals surface area contributed by atoms with Crippen molar-refractivity contribution in [3.63, 3.8) is 0 Å². The zero-order chi connectivity index (χ0) is 18.1. The van der Waals surface area contributed by atoms with E-state index in [1.807, 2.05) is 0 Å². The third-order valence-corrected chi connectivity index (χ3v) is 5.29. The number of fused-ring (bicyclic) bond motifs is 2. The number of amides is 1. The monoisotopic (exact) mass is 353 g/mol. The van der Waals surface area contributed by atoms with E-state index in [-0.39, 0.29) is 18.0 Å². The van der Waals surface area contributed by atoms with Crippen LogP contribution in [0.5, 0.6) is 0 Å². The lowest BCUT2D eigenvalue weighted by molar-refractivity contribution is -0.122. The van der Waals surface area contributed by atoms with Crippen LogP contribution in [0, 0.1) is 23.6 Å². The van der Waals surface area contributed by atoms with E-state index in [0.29, 0.717) is 35.6 Å². The molecule has 26 heavy (non-hydrogen) atoms. The second-order valence-electron chi connectivity index (χ2n) is 7.04. The fraction of sp³-hybridized carbons (Fsp3) is 0.350. The summed E-state index contributed by atoms with van der Waals surface area (Å²) in [6.45, 7) is 0.448. The molecule has 1 fully saturated rings. The van der Waals surface area contributed by atoms with E-state index in [1.54, 1.807) is 18.2 Å². The van der Waals surface area contributed by atoms with Crippen LogP contribution in [0.4, 0.5) is 4.39 Å². The molecule has 0 unspecified atom stereocenters. The van der Waals surface area contributed by atoms with Crippen molar-refractivity contribution in [2.24, 2.45) is 17.8 Å². The number of allylic oxidation sites excluding steroid dienone is 2. The lowest BCUT2D eigenvalue weighted by Crippen LogP contribution is -2.36. The van der Waals surface area contributed by atoms with Crippen molar-refractivity contribution in [3.05, 3.63) is 64.7 Å². The molecular formula is C20H20FN3O2. The van der Waals surface area contributed by atoms with Crippen LogP contribution in [0.25, 0.3) is 11.3 Å². The van der Waals surface area contributed by atoms with E-state index < -0.39 is 5.82 Å². The molecule has 2 bridgehead atoms. The molecule has 0 aliphatic heterocycles. The van der Waals surface area contributed by atoms with Crippen molar-refractivity contribution in [2.45, 2.75) is 19.4 Å². The Balaban J connectivity index is 1.43. The first-order valence-electron chi connectivity index (χ1n) is 8.88. The van der Waals surface area contributed by atoms with Crippen LogP contribution >= 0.6 is 0 Å². The molecule has 2 aliphatic rings. The van der Waals surface area contributed by atoms with Gasteiger partial charge in [0, 0.05) is 18.2 Å². The second kappa shape index (κ2) is 6.86. The highest BCUT2D eigenvalue weighted by Crippen LogP contribution is 2.42. The Bertz CT molecular complexity index is 921. The summed E-state index contributed by atoms with van der Waals surface area (Å²) in [6, 6.07) is 9.00. The fourth-order valence-electron chi connectivity index (χ4n) is 3.94. The smallest absolute Gasteiger partial charge is 0.267 e. The maximum absolute atomic E-state index is 13.9. The maximum Gasteiger partial charge on any atom is 0.267 e. The highest BCUT2D eigenvalue weighted by atomic mass is 19.1. The van der Waals surface area contributed by atoms with Crippen molar-refractivity contribution < 1.29 is 9.18 Å². The van der Waals surface area contributed by atoms with Gasteiger partial charge in [0.2, 0.25) is 5.91 Å². The number of aromatic nitrogens is 2. The number of nitrogens with zero attached hydrogens (tertiary/aromatic N) is 2. The Kier molecular flexibility index (Phi) is 4.41. The predicted molar refractivity (Wildman–Crippen MR) is 95.7 cm³/mol. The molecule has 1 aromatic heterocycles. The first kappa shape index (κ1) is 16.7. The first-order chi connectivity index (χ1) is 12.6. The third-order valence-electron chi connectivity index (χ3n) is 5.29. The summed E-state index contributed by atoms with van der Waals surface area (Å²) in [5.74, 6) is 1.02. The number of nitrogens with one attached hydrogen (secondary N) is 1. The molecule has 2 aliphatic carbocycles. The standard InChI is InChI=1S/C20H20FN3O2/c21-17-4-2-1-3-16(17)18-7-8-20(26)24(23-18)12-19(25)22-11-15-10-13-5-6-14(15)9-13/h1-8,13-15H,9-12H2,(H,22,25)/t13-,14-,15-/m1/s1. The highest BCUT2D eigenvalue weighted by molar-refractivity contribution is 5.75. The van der Waals surface area contributed by atoms with Gasteiger partial charge >= 0.3 is 0 Å². The summed E-state index contributed by atoms with van der Waals surface area (Å²) in [5.41, 5.74) is 0.243. The molecule has 0 saturated heterocycles. The van der Waals surface area contributed by atoms with Crippen molar-refractivity contribution in [2.75, 3.05) is 6.54 Å². The van der Waals surface area contributed by atoms with Gasteiger partial charge in [-0.25, -0.2) is 9.07 Å². The molecule has 6 heteroatoms. The van der Waals surface area contributed by atoms with Crippen molar-refractivity contribution in [3.8, 4) is 11.3 Å². The first-order valence-corrected chi connectivity index (χ1v) is 8.88. The minimum atomic E-state index is -0.418. The van der Waals surface area contributed by atoms with Gasteiger partial charge in [-0.3, -0.25) is 9.59 Å². The molecule has 1 saturated carbocycles. The average Bonchev–Trinajstić information content (AvgIpc) is 3.25. The molecule has 134 valence electrons. The molecule has 3 atom stereocenters. The topological polar surface area (TPSA) is 64.0 Å². The number of benzene rings is 1. The Labute approximate surface area is 150 Å². The summed E-state index contributed by atoms with van der Waals surface area (Å²) in [5, 5.41) is 7.06.